The molecule has 0 aliphatic rings. The van der Waals surface area contributed by atoms with Crippen LogP contribution in [0.1, 0.15) is 11.1 Å². The Morgan fingerprint density at radius 3 is 2.50 bits per heavy atom. The Kier molecular flexibility index (Phi) is 5.86. The molecule has 0 heterocycles. The van der Waals surface area contributed by atoms with Crippen molar-refractivity contribution < 1.29 is 4.92 Å². The van der Waals surface area contributed by atoms with Gasteiger partial charge in [-0.3, -0.25) is 10.1 Å². The van der Waals surface area contributed by atoms with Gasteiger partial charge in [-0.05, 0) is 25.1 Å². The minimum Gasteiger partial charge on any atom is -0.302 e. The van der Waals surface area contributed by atoms with Gasteiger partial charge in [0.2, 0.25) is 0 Å². The van der Waals surface area contributed by atoms with E-state index < -0.39 is 0 Å². The van der Waals surface area contributed by atoms with E-state index in [9.17, 15) is 10.1 Å². The Bertz CT molecular complexity index is 639. The van der Waals surface area contributed by atoms with Gasteiger partial charge in [0.05, 0.1) is 10.5 Å². The average molecular weight is 296 g/mol. The molecule has 22 heavy (non-hydrogen) atoms. The Morgan fingerprint density at radius 1 is 1.09 bits per heavy atom. The molecule has 4 heteroatoms. The molecule has 0 saturated carbocycles. The number of hydrogen-bond acceptors (Lipinski definition) is 3. The van der Waals surface area contributed by atoms with Gasteiger partial charge in [-0.2, -0.15) is 0 Å². The van der Waals surface area contributed by atoms with Crippen molar-refractivity contribution in [1.82, 2.24) is 4.90 Å². The summed E-state index contributed by atoms with van der Waals surface area (Å²) in [5.41, 5.74) is 2.10. The van der Waals surface area contributed by atoms with Crippen molar-refractivity contribution in [3.8, 4) is 0 Å². The summed E-state index contributed by atoms with van der Waals surface area (Å²) in [6.45, 7) is 1.71. The summed E-state index contributed by atoms with van der Waals surface area (Å²) in [5.74, 6) is 0. The zero-order chi connectivity index (χ0) is 15.8. The highest BCUT2D eigenvalue weighted by atomic mass is 16.6. The van der Waals surface area contributed by atoms with E-state index in [1.54, 1.807) is 12.1 Å². The molecule has 0 radical (unpaired) electrons. The van der Waals surface area contributed by atoms with Gasteiger partial charge < -0.3 is 4.90 Å². The minimum absolute atomic E-state index is 0.144. The van der Waals surface area contributed by atoms with E-state index in [1.165, 1.54) is 11.6 Å². The van der Waals surface area contributed by atoms with Gasteiger partial charge in [0.1, 0.15) is 0 Å². The summed E-state index contributed by atoms with van der Waals surface area (Å²) in [7, 11) is 2.05. The highest BCUT2D eigenvalue weighted by molar-refractivity contribution is 5.60. The van der Waals surface area contributed by atoms with Crippen LogP contribution in [0, 0.1) is 10.1 Å². The quantitative estimate of drug-likeness (QED) is 0.577. The second-order valence-electron chi connectivity index (χ2n) is 5.22. The molecular formula is C18H20N2O2. The lowest BCUT2D eigenvalue weighted by atomic mass is 10.1. The maximum Gasteiger partial charge on any atom is 0.276 e. The van der Waals surface area contributed by atoms with Crippen molar-refractivity contribution in [3.63, 3.8) is 0 Å². The van der Waals surface area contributed by atoms with Crippen LogP contribution in [0.3, 0.4) is 0 Å². The number of likely N-dealkylation sites (N-methyl/N-ethyl adjacent to an activating group) is 1. The van der Waals surface area contributed by atoms with Crippen LogP contribution in [0.5, 0.6) is 0 Å². The van der Waals surface area contributed by atoms with E-state index in [0.29, 0.717) is 5.56 Å². The first kappa shape index (κ1) is 15.9. The first-order chi connectivity index (χ1) is 10.7. The maximum absolute atomic E-state index is 10.9. The first-order valence-corrected chi connectivity index (χ1v) is 7.29. The van der Waals surface area contributed by atoms with E-state index >= 15 is 0 Å². The molecule has 0 N–H and O–H groups in total. The predicted octanol–water partition coefficient (Wildman–Crippen LogP) is 3.78. The molecule has 2 rings (SSSR count). The molecule has 0 fully saturated rings. The summed E-state index contributed by atoms with van der Waals surface area (Å²) in [4.78, 5) is 12.8. The smallest absolute Gasteiger partial charge is 0.276 e. The summed E-state index contributed by atoms with van der Waals surface area (Å²) in [6, 6.07) is 17.1. The Balaban J connectivity index is 1.86. The van der Waals surface area contributed by atoms with E-state index in [-0.39, 0.29) is 10.6 Å². The molecule has 0 amide bonds. The van der Waals surface area contributed by atoms with Crippen LogP contribution < -0.4 is 0 Å². The Hall–Kier alpha value is -2.46. The molecule has 2 aromatic rings. The standard InChI is InChI=1S/C18H20N2O2/c1-19(15-13-16-8-3-2-4-9-16)14-7-11-17-10-5-6-12-18(17)20(21)22/h2-12H,13-15H2,1H3. The largest absolute Gasteiger partial charge is 0.302 e. The van der Waals surface area contributed by atoms with E-state index in [2.05, 4.69) is 17.0 Å². The third kappa shape index (κ3) is 4.82. The summed E-state index contributed by atoms with van der Waals surface area (Å²) < 4.78 is 0. The van der Waals surface area contributed by atoms with E-state index in [4.69, 9.17) is 0 Å². The molecule has 0 bridgehead atoms. The zero-order valence-electron chi connectivity index (χ0n) is 12.7. The monoisotopic (exact) mass is 296 g/mol. The van der Waals surface area contributed by atoms with Crippen molar-refractivity contribution in [2.45, 2.75) is 6.42 Å². The van der Waals surface area contributed by atoms with Crippen LogP contribution in [0.25, 0.3) is 6.08 Å². The van der Waals surface area contributed by atoms with Gasteiger partial charge in [-0.15, -0.1) is 0 Å². The molecule has 0 atom stereocenters. The molecule has 0 aromatic heterocycles. The molecule has 0 unspecified atom stereocenters. The number of nitro benzene ring substituents is 1. The lowest BCUT2D eigenvalue weighted by Crippen LogP contribution is -2.21. The van der Waals surface area contributed by atoms with Crippen molar-refractivity contribution >= 4 is 11.8 Å². The van der Waals surface area contributed by atoms with Crippen molar-refractivity contribution in [1.29, 1.82) is 0 Å². The fourth-order valence-corrected chi connectivity index (χ4v) is 2.21. The topological polar surface area (TPSA) is 46.4 Å². The van der Waals surface area contributed by atoms with E-state index in [1.807, 2.05) is 43.5 Å². The van der Waals surface area contributed by atoms with Crippen molar-refractivity contribution in [2.24, 2.45) is 0 Å². The van der Waals surface area contributed by atoms with Crippen LogP contribution >= 0.6 is 0 Å². The van der Waals surface area contributed by atoms with Gasteiger partial charge >= 0.3 is 0 Å². The van der Waals surface area contributed by atoms with Gasteiger partial charge in [0, 0.05) is 19.2 Å². The molecule has 2 aromatic carbocycles. The highest BCUT2D eigenvalue weighted by Crippen LogP contribution is 2.18. The van der Waals surface area contributed by atoms with Crippen LogP contribution in [-0.2, 0) is 6.42 Å². The third-order valence-corrected chi connectivity index (χ3v) is 3.47. The zero-order valence-corrected chi connectivity index (χ0v) is 12.7. The van der Waals surface area contributed by atoms with Crippen LogP contribution in [0.2, 0.25) is 0 Å². The average Bonchev–Trinajstić information content (AvgIpc) is 2.54. The summed E-state index contributed by atoms with van der Waals surface area (Å²) >= 11 is 0. The van der Waals surface area contributed by atoms with Gasteiger partial charge in [-0.25, -0.2) is 0 Å². The number of nitrogens with zero attached hydrogens (tertiary/aromatic N) is 2. The normalized spacial score (nSPS) is 11.2. The maximum atomic E-state index is 10.9. The molecule has 4 nitrogen and oxygen atoms in total. The number of benzene rings is 2. The SMILES string of the molecule is CN(CC=Cc1ccccc1[N+](=O)[O-])CCc1ccccc1. The highest BCUT2D eigenvalue weighted by Gasteiger charge is 2.08. The molecule has 0 spiro atoms. The summed E-state index contributed by atoms with van der Waals surface area (Å²) in [6.07, 6.45) is 4.78. The lowest BCUT2D eigenvalue weighted by Gasteiger charge is -2.14. The van der Waals surface area contributed by atoms with Crippen molar-refractivity contribution in [2.75, 3.05) is 20.1 Å². The minimum atomic E-state index is -0.348. The molecular weight excluding hydrogens is 276 g/mol. The molecule has 0 saturated heterocycles. The number of rotatable bonds is 7. The second-order valence-corrected chi connectivity index (χ2v) is 5.22. The lowest BCUT2D eigenvalue weighted by molar-refractivity contribution is -0.385. The molecule has 114 valence electrons. The fraction of sp³-hybridized carbons (Fsp3) is 0.222. The molecule has 0 aliphatic heterocycles. The van der Waals surface area contributed by atoms with Gasteiger partial charge in [0.25, 0.3) is 5.69 Å². The Morgan fingerprint density at radius 2 is 1.77 bits per heavy atom. The summed E-state index contributed by atoms with van der Waals surface area (Å²) in [5, 5.41) is 10.9. The number of para-hydroxylation sites is 1. The van der Waals surface area contributed by atoms with Crippen LogP contribution in [0.4, 0.5) is 5.69 Å². The number of hydrogen-bond donors (Lipinski definition) is 0. The van der Waals surface area contributed by atoms with Gasteiger partial charge in [0.15, 0.2) is 0 Å². The first-order valence-electron chi connectivity index (χ1n) is 7.29. The van der Waals surface area contributed by atoms with Crippen LogP contribution in [0.15, 0.2) is 60.7 Å². The van der Waals surface area contributed by atoms with Gasteiger partial charge in [-0.1, -0.05) is 54.6 Å². The fourth-order valence-electron chi connectivity index (χ4n) is 2.21. The Labute approximate surface area is 130 Å². The molecule has 0 aliphatic carbocycles. The van der Waals surface area contributed by atoms with Crippen molar-refractivity contribution in [3.05, 3.63) is 81.9 Å². The van der Waals surface area contributed by atoms with Crippen LogP contribution in [-0.4, -0.2) is 30.0 Å². The number of nitro groups is 1. The predicted molar refractivity (Wildman–Crippen MR) is 89.8 cm³/mol. The second kappa shape index (κ2) is 8.10. The van der Waals surface area contributed by atoms with E-state index in [0.717, 1.165) is 19.5 Å². The third-order valence-electron chi connectivity index (χ3n) is 3.47.